The second kappa shape index (κ2) is 7.09. The number of piperazine rings is 1. The van der Waals surface area contributed by atoms with Crippen LogP contribution in [0.25, 0.3) is 22.5 Å². The van der Waals surface area contributed by atoms with Gasteiger partial charge in [-0.2, -0.15) is 5.10 Å². The molecule has 3 N–H and O–H groups in total. The fourth-order valence-corrected chi connectivity index (χ4v) is 3.12. The highest BCUT2D eigenvalue weighted by molar-refractivity contribution is 5.87. The van der Waals surface area contributed by atoms with Crippen molar-refractivity contribution in [3.63, 3.8) is 0 Å². The largest absolute Gasteiger partial charge is 0.357 e. The van der Waals surface area contributed by atoms with Crippen molar-refractivity contribution in [3.05, 3.63) is 42.3 Å². The number of nitrogens with one attached hydrogen (secondary N) is 3. The summed E-state index contributed by atoms with van der Waals surface area (Å²) in [5, 5.41) is 14.0. The molecular weight excluding hydrogens is 333 g/mol. The van der Waals surface area contributed by atoms with Gasteiger partial charge in [-0.15, -0.1) is 0 Å². The predicted octanol–water partition coefficient (Wildman–Crippen LogP) is 2.12. The van der Waals surface area contributed by atoms with Gasteiger partial charge in [-0.3, -0.25) is 5.10 Å². The van der Waals surface area contributed by atoms with Crippen molar-refractivity contribution in [2.24, 2.45) is 0 Å². The van der Waals surface area contributed by atoms with Crippen LogP contribution >= 0.6 is 0 Å². The minimum absolute atomic E-state index is 0.267. The third-order valence-corrected chi connectivity index (χ3v) is 4.43. The van der Waals surface area contributed by atoms with Crippen molar-refractivity contribution in [2.45, 2.75) is 0 Å². The maximum Gasteiger partial charge on any atom is 0.222 e. The number of halogens is 1. The number of aromatic nitrogens is 4. The second-order valence-electron chi connectivity index (χ2n) is 6.06. The monoisotopic (exact) mass is 353 g/mol. The van der Waals surface area contributed by atoms with E-state index in [1.54, 1.807) is 25.4 Å². The maximum atomic E-state index is 13.4. The number of benzene rings is 1. The van der Waals surface area contributed by atoms with E-state index in [0.717, 1.165) is 54.5 Å². The molecule has 3 heterocycles. The Hall–Kier alpha value is -3.00. The lowest BCUT2D eigenvalue weighted by molar-refractivity contribution is 0.585. The molecule has 0 unspecified atom stereocenters. The van der Waals surface area contributed by atoms with Crippen molar-refractivity contribution < 1.29 is 4.39 Å². The highest BCUT2D eigenvalue weighted by Crippen LogP contribution is 2.37. The molecule has 0 spiro atoms. The molecule has 1 aliphatic rings. The zero-order valence-electron chi connectivity index (χ0n) is 14.5. The first-order chi connectivity index (χ1) is 12.8. The average Bonchev–Trinajstić information content (AvgIpc) is 3.14. The lowest BCUT2D eigenvalue weighted by Crippen LogP contribution is -2.43. The van der Waals surface area contributed by atoms with Crippen LogP contribution in [0, 0.1) is 5.82 Å². The summed E-state index contributed by atoms with van der Waals surface area (Å²) in [5.41, 5.74) is 3.35. The Bertz CT molecular complexity index is 885. The zero-order valence-corrected chi connectivity index (χ0v) is 14.5. The van der Waals surface area contributed by atoms with E-state index < -0.39 is 0 Å². The lowest BCUT2D eigenvalue weighted by Gasteiger charge is -2.28. The molecule has 0 saturated carbocycles. The summed E-state index contributed by atoms with van der Waals surface area (Å²) >= 11 is 0. The van der Waals surface area contributed by atoms with Crippen LogP contribution in [0.4, 0.5) is 16.2 Å². The number of nitrogens with zero attached hydrogens (tertiary/aromatic N) is 4. The van der Waals surface area contributed by atoms with Crippen molar-refractivity contribution >= 4 is 11.8 Å². The maximum absolute atomic E-state index is 13.4. The first kappa shape index (κ1) is 16.5. The van der Waals surface area contributed by atoms with Crippen LogP contribution < -0.4 is 15.5 Å². The van der Waals surface area contributed by atoms with Gasteiger partial charge in [0.2, 0.25) is 5.95 Å². The molecule has 26 heavy (non-hydrogen) atoms. The molecule has 8 heteroatoms. The van der Waals surface area contributed by atoms with E-state index in [1.807, 2.05) is 6.07 Å². The Kier molecular flexibility index (Phi) is 4.49. The van der Waals surface area contributed by atoms with Crippen molar-refractivity contribution in [2.75, 3.05) is 43.4 Å². The van der Waals surface area contributed by atoms with E-state index in [4.69, 9.17) is 0 Å². The summed E-state index contributed by atoms with van der Waals surface area (Å²) in [6, 6.07) is 8.25. The second-order valence-corrected chi connectivity index (χ2v) is 6.06. The van der Waals surface area contributed by atoms with Crippen molar-refractivity contribution in [1.29, 1.82) is 0 Å². The van der Waals surface area contributed by atoms with E-state index in [0.29, 0.717) is 5.95 Å². The van der Waals surface area contributed by atoms with Gasteiger partial charge in [0.25, 0.3) is 0 Å². The highest BCUT2D eigenvalue weighted by Gasteiger charge is 2.23. The minimum atomic E-state index is -0.267. The average molecular weight is 353 g/mol. The van der Waals surface area contributed by atoms with Crippen LogP contribution in [-0.2, 0) is 0 Å². The molecule has 7 nitrogen and oxygen atoms in total. The molecule has 2 aromatic heterocycles. The van der Waals surface area contributed by atoms with Crippen molar-refractivity contribution in [1.82, 2.24) is 25.5 Å². The van der Waals surface area contributed by atoms with Gasteiger partial charge in [0, 0.05) is 45.0 Å². The smallest absolute Gasteiger partial charge is 0.222 e. The van der Waals surface area contributed by atoms with E-state index in [1.165, 1.54) is 12.1 Å². The summed E-state index contributed by atoms with van der Waals surface area (Å²) in [6.45, 7) is 3.54. The standard InChI is InChI=1S/C18H20FN7/c1-20-18-22-7-6-14(23-18)15-16(12-2-4-13(19)5-3-12)24-25-17(15)26-10-8-21-9-11-26/h2-7,21H,8-11H2,1H3,(H,24,25)(H,20,22,23). The zero-order chi connectivity index (χ0) is 17.9. The van der Waals surface area contributed by atoms with Gasteiger partial charge < -0.3 is 15.5 Å². The van der Waals surface area contributed by atoms with Crippen LogP contribution in [0.5, 0.6) is 0 Å². The summed E-state index contributed by atoms with van der Waals surface area (Å²) in [7, 11) is 1.78. The van der Waals surface area contributed by atoms with Gasteiger partial charge in [0.05, 0.1) is 17.0 Å². The molecule has 1 aliphatic heterocycles. The molecule has 1 saturated heterocycles. The van der Waals surface area contributed by atoms with E-state index in [9.17, 15) is 4.39 Å². The summed E-state index contributed by atoms with van der Waals surface area (Å²) in [6.07, 6.45) is 1.72. The number of H-pyrrole nitrogens is 1. The van der Waals surface area contributed by atoms with Gasteiger partial charge >= 0.3 is 0 Å². The Labute approximate surface area is 150 Å². The Morgan fingerprint density at radius 2 is 1.88 bits per heavy atom. The topological polar surface area (TPSA) is 81.8 Å². The number of rotatable bonds is 4. The molecule has 3 aromatic rings. The van der Waals surface area contributed by atoms with Crippen LogP contribution in [0.3, 0.4) is 0 Å². The molecular formula is C18H20FN7. The van der Waals surface area contributed by atoms with E-state index in [2.05, 4.69) is 35.7 Å². The van der Waals surface area contributed by atoms with Crippen LogP contribution in [0.15, 0.2) is 36.5 Å². The van der Waals surface area contributed by atoms with Crippen molar-refractivity contribution in [3.8, 4) is 22.5 Å². The Morgan fingerprint density at radius 1 is 1.12 bits per heavy atom. The fraction of sp³-hybridized carbons (Fsp3) is 0.278. The number of aromatic amines is 1. The molecule has 0 atom stereocenters. The normalized spacial score (nSPS) is 14.5. The highest BCUT2D eigenvalue weighted by atomic mass is 19.1. The SMILES string of the molecule is CNc1nccc(-c2c(N3CCNCC3)n[nH]c2-c2ccc(F)cc2)n1. The van der Waals surface area contributed by atoms with Gasteiger partial charge in [0.15, 0.2) is 5.82 Å². The molecule has 0 bridgehead atoms. The van der Waals surface area contributed by atoms with E-state index >= 15 is 0 Å². The third-order valence-electron chi connectivity index (χ3n) is 4.43. The quantitative estimate of drug-likeness (QED) is 0.667. The fourth-order valence-electron chi connectivity index (χ4n) is 3.12. The lowest BCUT2D eigenvalue weighted by atomic mass is 10.0. The third kappa shape index (κ3) is 3.11. The van der Waals surface area contributed by atoms with Crippen LogP contribution in [0.2, 0.25) is 0 Å². The van der Waals surface area contributed by atoms with Crippen LogP contribution in [0.1, 0.15) is 0 Å². The van der Waals surface area contributed by atoms with E-state index in [-0.39, 0.29) is 5.82 Å². The van der Waals surface area contributed by atoms with Crippen LogP contribution in [-0.4, -0.2) is 53.4 Å². The van der Waals surface area contributed by atoms with Gasteiger partial charge in [-0.05, 0) is 30.3 Å². The molecule has 134 valence electrons. The summed E-state index contributed by atoms with van der Waals surface area (Å²) < 4.78 is 13.4. The molecule has 1 aromatic carbocycles. The first-order valence-corrected chi connectivity index (χ1v) is 8.57. The van der Waals surface area contributed by atoms with Gasteiger partial charge in [-0.1, -0.05) is 0 Å². The molecule has 4 rings (SSSR count). The first-order valence-electron chi connectivity index (χ1n) is 8.57. The molecule has 1 fully saturated rings. The molecule has 0 amide bonds. The number of anilines is 2. The summed E-state index contributed by atoms with van der Waals surface area (Å²) in [4.78, 5) is 11.0. The predicted molar refractivity (Wildman–Crippen MR) is 99.6 cm³/mol. The molecule has 0 radical (unpaired) electrons. The Morgan fingerprint density at radius 3 is 2.62 bits per heavy atom. The number of hydrogen-bond donors (Lipinski definition) is 3. The number of hydrogen-bond acceptors (Lipinski definition) is 6. The minimum Gasteiger partial charge on any atom is -0.357 e. The summed E-state index contributed by atoms with van der Waals surface area (Å²) in [5.74, 6) is 1.13. The Balaban J connectivity index is 1.86. The van der Waals surface area contributed by atoms with Gasteiger partial charge in [0.1, 0.15) is 5.82 Å². The van der Waals surface area contributed by atoms with Gasteiger partial charge in [-0.25, -0.2) is 14.4 Å². The molecule has 0 aliphatic carbocycles.